The molecule has 8 heteroatoms. The van der Waals surface area contributed by atoms with Crippen molar-refractivity contribution in [2.45, 2.75) is 57.7 Å². The Morgan fingerprint density at radius 1 is 1.10 bits per heavy atom. The summed E-state index contributed by atoms with van der Waals surface area (Å²) in [6.07, 6.45) is 0.853. The molecule has 0 aromatic carbocycles. The van der Waals surface area contributed by atoms with Crippen LogP contribution in [0.3, 0.4) is 0 Å². The van der Waals surface area contributed by atoms with Crippen LogP contribution in [0, 0.1) is 0 Å². The maximum Gasteiger partial charge on any atom is 0.433 e. The van der Waals surface area contributed by atoms with Gasteiger partial charge < -0.3 is 0 Å². The van der Waals surface area contributed by atoms with Gasteiger partial charge in [0.1, 0.15) is 5.69 Å². The van der Waals surface area contributed by atoms with Crippen LogP contribution >= 0.6 is 0 Å². The molecule has 3 aromatic heterocycles. The van der Waals surface area contributed by atoms with Crippen LogP contribution in [0.5, 0.6) is 0 Å². The largest absolute Gasteiger partial charge is 0.433 e. The van der Waals surface area contributed by atoms with Gasteiger partial charge in [0.05, 0.1) is 11.4 Å². The number of likely N-dealkylation sites (tertiary alicyclic amines) is 1. The second kappa shape index (κ2) is 7.65. The minimum atomic E-state index is -4.49. The molecule has 0 aliphatic carbocycles. The molecule has 0 radical (unpaired) electrons. The highest BCUT2D eigenvalue weighted by atomic mass is 19.4. The summed E-state index contributed by atoms with van der Waals surface area (Å²) in [6.45, 7) is 8.17. The molecule has 30 heavy (non-hydrogen) atoms. The third-order valence-electron chi connectivity index (χ3n) is 5.64. The average Bonchev–Trinajstić information content (AvgIpc) is 3.11. The standard InChI is InChI=1S/C22H26F3N5/c1-21(2,3)18-12-19(22(23,24)25)30-20(27-18)11-17(28-30)16-6-9-29(10-7-16)14-15-5-4-8-26-13-15/h4-5,8,11-13,16H,6-7,9-10,14H2,1-3H3. The summed E-state index contributed by atoms with van der Waals surface area (Å²) in [7, 11) is 0. The number of halogens is 3. The lowest BCUT2D eigenvalue weighted by Gasteiger charge is -2.31. The zero-order chi connectivity index (χ0) is 21.5. The molecule has 0 N–H and O–H groups in total. The Bertz CT molecular complexity index is 1010. The number of piperidine rings is 1. The topological polar surface area (TPSA) is 46.3 Å². The number of nitrogens with zero attached hydrogens (tertiary/aromatic N) is 5. The van der Waals surface area contributed by atoms with Gasteiger partial charge in [0.15, 0.2) is 5.65 Å². The summed E-state index contributed by atoms with van der Waals surface area (Å²) in [4.78, 5) is 11.0. The van der Waals surface area contributed by atoms with Gasteiger partial charge in [-0.05, 0) is 43.6 Å². The van der Waals surface area contributed by atoms with Gasteiger partial charge in [-0.2, -0.15) is 18.3 Å². The van der Waals surface area contributed by atoms with Crippen molar-refractivity contribution in [2.75, 3.05) is 13.1 Å². The van der Waals surface area contributed by atoms with Crippen molar-refractivity contribution >= 4 is 5.65 Å². The smallest absolute Gasteiger partial charge is 0.299 e. The SMILES string of the molecule is CC(C)(C)c1cc(C(F)(F)F)n2nc(C3CCN(Cc4cccnc4)CC3)cc2n1. The minimum absolute atomic E-state index is 0.135. The van der Waals surface area contributed by atoms with E-state index in [2.05, 4.69) is 26.0 Å². The molecule has 160 valence electrons. The van der Waals surface area contributed by atoms with Crippen LogP contribution in [0.4, 0.5) is 13.2 Å². The number of hydrogen-bond donors (Lipinski definition) is 0. The Balaban J connectivity index is 1.57. The molecular weight excluding hydrogens is 391 g/mol. The molecule has 0 unspecified atom stereocenters. The lowest BCUT2D eigenvalue weighted by Crippen LogP contribution is -2.32. The highest BCUT2D eigenvalue weighted by Gasteiger charge is 2.37. The molecule has 0 saturated carbocycles. The molecule has 1 fully saturated rings. The fourth-order valence-corrected chi connectivity index (χ4v) is 3.91. The highest BCUT2D eigenvalue weighted by Crippen LogP contribution is 2.34. The Hall–Kier alpha value is -2.48. The van der Waals surface area contributed by atoms with Crippen molar-refractivity contribution < 1.29 is 13.2 Å². The van der Waals surface area contributed by atoms with Crippen LogP contribution in [0.2, 0.25) is 0 Å². The van der Waals surface area contributed by atoms with Gasteiger partial charge in [-0.3, -0.25) is 9.88 Å². The fraction of sp³-hybridized carbons (Fsp3) is 0.500. The molecule has 0 spiro atoms. The van der Waals surface area contributed by atoms with Gasteiger partial charge in [-0.25, -0.2) is 9.50 Å². The Morgan fingerprint density at radius 2 is 1.83 bits per heavy atom. The zero-order valence-electron chi connectivity index (χ0n) is 17.4. The summed E-state index contributed by atoms with van der Waals surface area (Å²) in [6, 6.07) is 6.83. The van der Waals surface area contributed by atoms with Gasteiger partial charge in [-0.15, -0.1) is 0 Å². The van der Waals surface area contributed by atoms with Crippen molar-refractivity contribution in [3.63, 3.8) is 0 Å². The number of hydrogen-bond acceptors (Lipinski definition) is 4. The molecule has 0 amide bonds. The monoisotopic (exact) mass is 417 g/mol. The van der Waals surface area contributed by atoms with E-state index < -0.39 is 17.3 Å². The Kier molecular flexibility index (Phi) is 5.30. The van der Waals surface area contributed by atoms with Gasteiger partial charge in [-0.1, -0.05) is 26.8 Å². The molecule has 1 aliphatic heterocycles. The van der Waals surface area contributed by atoms with Gasteiger partial charge in [0.2, 0.25) is 0 Å². The van der Waals surface area contributed by atoms with E-state index in [4.69, 9.17) is 0 Å². The number of fused-ring (bicyclic) bond motifs is 1. The number of alkyl halides is 3. The molecule has 4 rings (SSSR count). The second-order valence-corrected chi connectivity index (χ2v) is 9.03. The van der Waals surface area contributed by atoms with E-state index in [1.165, 1.54) is 0 Å². The van der Waals surface area contributed by atoms with Crippen molar-refractivity contribution in [1.82, 2.24) is 24.5 Å². The Labute approximate surface area is 173 Å². The van der Waals surface area contributed by atoms with Crippen molar-refractivity contribution in [2.24, 2.45) is 0 Å². The van der Waals surface area contributed by atoms with Crippen molar-refractivity contribution in [3.05, 3.63) is 59.3 Å². The van der Waals surface area contributed by atoms with Gasteiger partial charge >= 0.3 is 6.18 Å². The van der Waals surface area contributed by atoms with E-state index in [1.807, 2.05) is 33.0 Å². The maximum absolute atomic E-state index is 13.7. The van der Waals surface area contributed by atoms with E-state index in [9.17, 15) is 13.2 Å². The average molecular weight is 417 g/mol. The fourth-order valence-electron chi connectivity index (χ4n) is 3.91. The first kappa shape index (κ1) is 20.8. The van der Waals surface area contributed by atoms with Crippen LogP contribution in [0.15, 0.2) is 36.7 Å². The number of pyridine rings is 1. The highest BCUT2D eigenvalue weighted by molar-refractivity contribution is 5.44. The summed E-state index contributed by atoms with van der Waals surface area (Å²) in [5, 5.41) is 4.34. The van der Waals surface area contributed by atoms with Crippen LogP contribution in [0.25, 0.3) is 5.65 Å². The predicted octanol–water partition coefficient (Wildman–Crippen LogP) is 4.82. The quantitative estimate of drug-likeness (QED) is 0.613. The van der Waals surface area contributed by atoms with Gasteiger partial charge in [0.25, 0.3) is 0 Å². The van der Waals surface area contributed by atoms with Crippen LogP contribution in [0.1, 0.15) is 62.2 Å². The first-order valence-corrected chi connectivity index (χ1v) is 10.2. The molecular formula is C22H26F3N5. The molecule has 5 nitrogen and oxygen atoms in total. The summed E-state index contributed by atoms with van der Waals surface area (Å²) in [5.41, 5.74) is 1.29. The predicted molar refractivity (Wildman–Crippen MR) is 108 cm³/mol. The molecule has 0 atom stereocenters. The molecule has 1 saturated heterocycles. The molecule has 3 aromatic rings. The van der Waals surface area contributed by atoms with E-state index in [0.29, 0.717) is 11.4 Å². The van der Waals surface area contributed by atoms with Crippen LogP contribution in [-0.2, 0) is 18.1 Å². The van der Waals surface area contributed by atoms with Crippen molar-refractivity contribution in [3.8, 4) is 0 Å². The molecule has 4 heterocycles. The normalized spacial score (nSPS) is 17.0. The van der Waals surface area contributed by atoms with Crippen LogP contribution < -0.4 is 0 Å². The first-order chi connectivity index (χ1) is 14.1. The van der Waals surface area contributed by atoms with Crippen LogP contribution in [-0.4, -0.2) is 37.6 Å². The van der Waals surface area contributed by atoms with Crippen molar-refractivity contribution in [1.29, 1.82) is 0 Å². The zero-order valence-corrected chi connectivity index (χ0v) is 17.4. The van der Waals surface area contributed by atoms with E-state index >= 15 is 0 Å². The molecule has 1 aliphatic rings. The number of rotatable bonds is 3. The first-order valence-electron chi connectivity index (χ1n) is 10.2. The van der Waals surface area contributed by atoms with E-state index in [1.54, 1.807) is 12.3 Å². The minimum Gasteiger partial charge on any atom is -0.299 e. The number of aromatic nitrogens is 4. The van der Waals surface area contributed by atoms with E-state index in [0.717, 1.165) is 48.6 Å². The lowest BCUT2D eigenvalue weighted by atomic mass is 9.91. The van der Waals surface area contributed by atoms with Gasteiger partial charge in [0, 0.05) is 36.3 Å². The molecule has 0 bridgehead atoms. The second-order valence-electron chi connectivity index (χ2n) is 9.03. The third kappa shape index (κ3) is 4.33. The maximum atomic E-state index is 13.7. The summed E-state index contributed by atoms with van der Waals surface area (Å²) >= 11 is 0. The third-order valence-corrected chi connectivity index (χ3v) is 5.64. The lowest BCUT2D eigenvalue weighted by molar-refractivity contribution is -0.142. The summed E-state index contributed by atoms with van der Waals surface area (Å²) < 4.78 is 42.1. The Morgan fingerprint density at radius 3 is 2.43 bits per heavy atom. The summed E-state index contributed by atoms with van der Waals surface area (Å²) in [5.74, 6) is 0.135. The van der Waals surface area contributed by atoms with E-state index in [-0.39, 0.29) is 11.6 Å².